The van der Waals surface area contributed by atoms with Gasteiger partial charge in [0.1, 0.15) is 6.61 Å². The van der Waals surface area contributed by atoms with E-state index >= 15 is 0 Å². The molecule has 1 rings (SSSR count). The first kappa shape index (κ1) is 12.5. The molecule has 6 nitrogen and oxygen atoms in total. The number of esters is 1. The molecule has 0 radical (unpaired) electrons. The molecule has 1 aromatic rings. The van der Waals surface area contributed by atoms with E-state index in [1.165, 1.54) is 0 Å². The van der Waals surface area contributed by atoms with Gasteiger partial charge in [-0.15, -0.1) is 0 Å². The number of rotatable bonds is 5. The Labute approximate surface area is 93.7 Å². The average molecular weight is 228 g/mol. The van der Waals surface area contributed by atoms with Crippen molar-refractivity contribution in [3.8, 4) is 0 Å². The second-order valence-corrected chi connectivity index (χ2v) is 3.40. The minimum atomic E-state index is -0.584. The highest BCUT2D eigenvalue weighted by Crippen LogP contribution is 2.15. The first-order valence-electron chi connectivity index (χ1n) is 5.08. The maximum absolute atomic E-state index is 11.4. The van der Waals surface area contributed by atoms with E-state index in [-0.39, 0.29) is 36.8 Å². The first-order valence-corrected chi connectivity index (χ1v) is 5.08. The zero-order valence-electron chi connectivity index (χ0n) is 9.65. The molecule has 0 aliphatic heterocycles. The zero-order chi connectivity index (χ0) is 12.1. The number of nitrogen functional groups attached to an aromatic ring is 1. The van der Waals surface area contributed by atoms with Gasteiger partial charge in [0.25, 0.3) is 0 Å². The van der Waals surface area contributed by atoms with Crippen molar-refractivity contribution in [2.75, 3.05) is 12.3 Å². The summed E-state index contributed by atoms with van der Waals surface area (Å²) in [6.07, 6.45) is 0.0548. The highest BCUT2D eigenvalue weighted by atomic mass is 16.5. The Morgan fingerprint density at radius 2 is 2.25 bits per heavy atom. The van der Waals surface area contributed by atoms with Gasteiger partial charge in [-0.3, -0.25) is 0 Å². The van der Waals surface area contributed by atoms with Gasteiger partial charge in [0, 0.05) is 0 Å². The molecule has 0 bridgehead atoms. The Balaban J connectivity index is 2.69. The van der Waals surface area contributed by atoms with Crippen LogP contribution in [0.3, 0.4) is 0 Å². The molecular formula is C10H16N2O4. The summed E-state index contributed by atoms with van der Waals surface area (Å²) in [5.74, 6) is -0.352. The molecule has 2 N–H and O–H groups in total. The summed E-state index contributed by atoms with van der Waals surface area (Å²) in [6.45, 7) is 5.93. The number of carbonyl (C=O) groups excluding carboxylic acids is 1. The summed E-state index contributed by atoms with van der Waals surface area (Å²) in [5.41, 5.74) is 5.50. The van der Waals surface area contributed by atoms with Crippen molar-refractivity contribution < 1.29 is 18.7 Å². The van der Waals surface area contributed by atoms with E-state index in [2.05, 4.69) is 4.98 Å². The molecule has 0 spiro atoms. The van der Waals surface area contributed by atoms with Crippen LogP contribution >= 0.6 is 0 Å². The summed E-state index contributed by atoms with van der Waals surface area (Å²) >= 11 is 0. The molecule has 0 saturated carbocycles. The van der Waals surface area contributed by atoms with Crippen LogP contribution in [0.1, 0.15) is 37.2 Å². The molecule has 0 aliphatic carbocycles. The van der Waals surface area contributed by atoms with Crippen molar-refractivity contribution in [2.24, 2.45) is 0 Å². The van der Waals surface area contributed by atoms with Crippen molar-refractivity contribution in [1.29, 1.82) is 0 Å². The van der Waals surface area contributed by atoms with E-state index in [0.29, 0.717) is 0 Å². The lowest BCUT2D eigenvalue weighted by Gasteiger charge is -2.02. The SMILES string of the molecule is CCOC(=O)c1nc(COC(C)C)oc1N. The molecular weight excluding hydrogens is 212 g/mol. The second kappa shape index (κ2) is 5.50. The predicted octanol–water partition coefficient (Wildman–Crippen LogP) is 1.36. The summed E-state index contributed by atoms with van der Waals surface area (Å²) in [4.78, 5) is 15.3. The maximum Gasteiger partial charge on any atom is 0.362 e. The lowest BCUT2D eigenvalue weighted by atomic mass is 10.4. The van der Waals surface area contributed by atoms with Gasteiger partial charge in [0.15, 0.2) is 0 Å². The van der Waals surface area contributed by atoms with Crippen molar-refractivity contribution in [3.63, 3.8) is 0 Å². The number of nitrogens with zero attached hydrogens (tertiary/aromatic N) is 1. The van der Waals surface area contributed by atoms with Crippen molar-refractivity contribution in [2.45, 2.75) is 33.5 Å². The van der Waals surface area contributed by atoms with Crippen LogP contribution < -0.4 is 5.73 Å². The third-order valence-corrected chi connectivity index (χ3v) is 1.71. The van der Waals surface area contributed by atoms with E-state index in [1.54, 1.807) is 6.92 Å². The van der Waals surface area contributed by atoms with E-state index in [1.807, 2.05) is 13.8 Å². The van der Waals surface area contributed by atoms with Crippen molar-refractivity contribution in [3.05, 3.63) is 11.6 Å². The zero-order valence-corrected chi connectivity index (χ0v) is 9.65. The number of aromatic nitrogens is 1. The fourth-order valence-corrected chi connectivity index (χ4v) is 1.02. The smallest absolute Gasteiger partial charge is 0.362 e. The van der Waals surface area contributed by atoms with Crippen LogP contribution in [0.5, 0.6) is 0 Å². The van der Waals surface area contributed by atoms with Crippen LogP contribution in [0.2, 0.25) is 0 Å². The number of nitrogens with two attached hydrogens (primary N) is 1. The Kier molecular flexibility index (Phi) is 4.30. The van der Waals surface area contributed by atoms with E-state index in [4.69, 9.17) is 19.6 Å². The van der Waals surface area contributed by atoms with Gasteiger partial charge in [-0.25, -0.2) is 9.78 Å². The Morgan fingerprint density at radius 3 is 2.81 bits per heavy atom. The Morgan fingerprint density at radius 1 is 1.56 bits per heavy atom. The molecule has 0 amide bonds. The average Bonchev–Trinajstić information content (AvgIpc) is 2.57. The maximum atomic E-state index is 11.4. The number of ether oxygens (including phenoxy) is 2. The van der Waals surface area contributed by atoms with E-state index in [0.717, 1.165) is 0 Å². The Hall–Kier alpha value is -1.56. The minimum absolute atomic E-state index is 0.00389. The van der Waals surface area contributed by atoms with E-state index in [9.17, 15) is 4.79 Å². The third kappa shape index (κ3) is 3.23. The quantitative estimate of drug-likeness (QED) is 0.765. The predicted molar refractivity (Wildman–Crippen MR) is 56.8 cm³/mol. The lowest BCUT2D eigenvalue weighted by Crippen LogP contribution is -2.08. The van der Waals surface area contributed by atoms with Gasteiger partial charge in [-0.05, 0) is 20.8 Å². The highest BCUT2D eigenvalue weighted by molar-refractivity contribution is 5.91. The minimum Gasteiger partial charge on any atom is -0.461 e. The van der Waals surface area contributed by atoms with Gasteiger partial charge in [0.2, 0.25) is 17.5 Å². The van der Waals surface area contributed by atoms with Crippen molar-refractivity contribution in [1.82, 2.24) is 4.98 Å². The standard InChI is InChI=1S/C10H16N2O4/c1-4-14-10(13)8-9(11)16-7(12-8)5-15-6(2)3/h6H,4-5,11H2,1-3H3. The molecule has 0 atom stereocenters. The fourth-order valence-electron chi connectivity index (χ4n) is 1.02. The van der Waals surface area contributed by atoms with Gasteiger partial charge in [-0.2, -0.15) is 0 Å². The molecule has 1 aromatic heterocycles. The third-order valence-electron chi connectivity index (χ3n) is 1.71. The topological polar surface area (TPSA) is 87.6 Å². The van der Waals surface area contributed by atoms with Crippen LogP contribution in [0.4, 0.5) is 5.88 Å². The molecule has 6 heteroatoms. The molecule has 0 saturated heterocycles. The van der Waals surface area contributed by atoms with Crippen LogP contribution in [0.25, 0.3) is 0 Å². The molecule has 0 aliphatic rings. The summed E-state index contributed by atoms with van der Waals surface area (Å²) < 4.78 is 15.1. The number of hydrogen-bond acceptors (Lipinski definition) is 6. The van der Waals surface area contributed by atoms with Gasteiger partial charge in [0.05, 0.1) is 12.7 Å². The summed E-state index contributed by atoms with van der Waals surface area (Å²) in [6, 6.07) is 0. The fraction of sp³-hybridized carbons (Fsp3) is 0.600. The second-order valence-electron chi connectivity index (χ2n) is 3.40. The molecule has 0 fully saturated rings. The number of anilines is 1. The molecule has 90 valence electrons. The molecule has 0 aromatic carbocycles. The van der Waals surface area contributed by atoms with Crippen LogP contribution in [0, 0.1) is 0 Å². The molecule has 1 heterocycles. The first-order chi connectivity index (χ1) is 7.54. The van der Waals surface area contributed by atoms with Gasteiger partial charge in [-0.1, -0.05) is 0 Å². The molecule has 16 heavy (non-hydrogen) atoms. The van der Waals surface area contributed by atoms with Crippen LogP contribution in [0.15, 0.2) is 4.42 Å². The lowest BCUT2D eigenvalue weighted by molar-refractivity contribution is 0.0508. The monoisotopic (exact) mass is 228 g/mol. The summed E-state index contributed by atoms with van der Waals surface area (Å²) in [7, 11) is 0. The van der Waals surface area contributed by atoms with Gasteiger partial charge < -0.3 is 19.6 Å². The molecule has 0 unspecified atom stereocenters. The highest BCUT2D eigenvalue weighted by Gasteiger charge is 2.19. The van der Waals surface area contributed by atoms with Crippen LogP contribution in [-0.4, -0.2) is 23.7 Å². The van der Waals surface area contributed by atoms with E-state index < -0.39 is 5.97 Å². The van der Waals surface area contributed by atoms with Crippen molar-refractivity contribution >= 4 is 11.9 Å². The normalized spacial score (nSPS) is 10.8. The summed E-state index contributed by atoms with van der Waals surface area (Å²) in [5, 5.41) is 0. The number of oxazole rings is 1. The van der Waals surface area contributed by atoms with Crippen LogP contribution in [-0.2, 0) is 16.1 Å². The number of carbonyl (C=O) groups is 1. The Bertz CT molecular complexity index is 360. The largest absolute Gasteiger partial charge is 0.461 e. The van der Waals surface area contributed by atoms with Gasteiger partial charge >= 0.3 is 5.97 Å². The number of hydrogen-bond donors (Lipinski definition) is 1.